The maximum absolute atomic E-state index is 13.7. The van der Waals surface area contributed by atoms with E-state index in [2.05, 4.69) is 10.6 Å². The van der Waals surface area contributed by atoms with E-state index in [0.29, 0.717) is 19.3 Å². The summed E-state index contributed by atoms with van der Waals surface area (Å²) in [6.07, 6.45) is 1.47. The molecule has 0 heterocycles. The second kappa shape index (κ2) is 6.95. The van der Waals surface area contributed by atoms with Gasteiger partial charge >= 0.3 is 0 Å². The SMILES string of the molecule is O=C(COc1ccc(Cl)c(F)c1)NC12CC(NC(=O)c3cccc(F)c3F)(C1)C2. The highest BCUT2D eigenvalue weighted by atomic mass is 35.5. The van der Waals surface area contributed by atoms with E-state index in [0.717, 1.165) is 12.1 Å². The predicted molar refractivity (Wildman–Crippen MR) is 98.2 cm³/mol. The summed E-state index contributed by atoms with van der Waals surface area (Å²) < 4.78 is 45.6. The zero-order valence-corrected chi connectivity index (χ0v) is 15.8. The number of nitrogens with one attached hydrogen (secondary N) is 2. The van der Waals surface area contributed by atoms with E-state index >= 15 is 0 Å². The first kappa shape index (κ1) is 19.6. The fourth-order valence-corrected chi connectivity index (χ4v) is 4.21. The van der Waals surface area contributed by atoms with E-state index in [1.54, 1.807) is 0 Å². The number of hydrogen-bond donors (Lipinski definition) is 2. The normalized spacial score (nSPS) is 24.1. The van der Waals surface area contributed by atoms with Crippen molar-refractivity contribution in [2.45, 2.75) is 30.3 Å². The molecule has 5 nitrogen and oxygen atoms in total. The van der Waals surface area contributed by atoms with Crippen LogP contribution in [0.4, 0.5) is 13.2 Å². The van der Waals surface area contributed by atoms with Crippen molar-refractivity contribution in [3.8, 4) is 5.75 Å². The molecule has 2 aromatic carbocycles. The van der Waals surface area contributed by atoms with Gasteiger partial charge in [-0.3, -0.25) is 9.59 Å². The third-order valence-electron chi connectivity index (χ3n) is 5.27. The van der Waals surface area contributed by atoms with Crippen LogP contribution in [0.5, 0.6) is 5.75 Å². The molecule has 3 fully saturated rings. The third kappa shape index (κ3) is 3.64. The first-order valence-corrected chi connectivity index (χ1v) is 9.24. The molecule has 152 valence electrons. The molecular weight excluding hydrogens is 409 g/mol. The van der Waals surface area contributed by atoms with Gasteiger partial charge in [0.05, 0.1) is 10.6 Å². The molecule has 2 aromatic rings. The molecule has 9 heteroatoms. The van der Waals surface area contributed by atoms with Crippen molar-refractivity contribution in [3.05, 3.63) is 64.4 Å². The van der Waals surface area contributed by atoms with Gasteiger partial charge in [-0.05, 0) is 43.5 Å². The minimum Gasteiger partial charge on any atom is -0.484 e. The molecule has 5 rings (SSSR count). The average Bonchev–Trinajstić information content (AvgIpc) is 2.62. The van der Waals surface area contributed by atoms with Gasteiger partial charge in [0.2, 0.25) is 0 Å². The lowest BCUT2D eigenvalue weighted by atomic mass is 9.44. The largest absolute Gasteiger partial charge is 0.484 e. The Hall–Kier alpha value is -2.74. The Morgan fingerprint density at radius 2 is 1.69 bits per heavy atom. The number of amides is 2. The van der Waals surface area contributed by atoms with Crippen molar-refractivity contribution < 1.29 is 27.5 Å². The Kier molecular flexibility index (Phi) is 4.69. The van der Waals surface area contributed by atoms with E-state index in [1.165, 1.54) is 24.3 Å². The molecule has 29 heavy (non-hydrogen) atoms. The molecule has 2 amide bonds. The van der Waals surface area contributed by atoms with Crippen LogP contribution in [0.1, 0.15) is 29.6 Å². The van der Waals surface area contributed by atoms with Gasteiger partial charge in [0.25, 0.3) is 11.8 Å². The highest BCUT2D eigenvalue weighted by Gasteiger charge is 2.69. The molecule has 0 atom stereocenters. The zero-order chi connectivity index (χ0) is 20.8. The maximum Gasteiger partial charge on any atom is 0.258 e. The van der Waals surface area contributed by atoms with E-state index in [1.807, 2.05) is 0 Å². The molecule has 0 spiro atoms. The quantitative estimate of drug-likeness (QED) is 0.747. The van der Waals surface area contributed by atoms with Gasteiger partial charge < -0.3 is 15.4 Å². The molecule has 2 N–H and O–H groups in total. The Morgan fingerprint density at radius 1 is 1.00 bits per heavy atom. The first-order chi connectivity index (χ1) is 13.7. The summed E-state index contributed by atoms with van der Waals surface area (Å²) in [5, 5.41) is 5.53. The molecular formula is C20H16ClF3N2O3. The number of benzene rings is 2. The summed E-state index contributed by atoms with van der Waals surface area (Å²) >= 11 is 5.59. The Morgan fingerprint density at radius 3 is 2.38 bits per heavy atom. The van der Waals surface area contributed by atoms with Crippen LogP contribution in [0.2, 0.25) is 5.02 Å². The number of hydrogen-bond acceptors (Lipinski definition) is 3. The van der Waals surface area contributed by atoms with Crippen LogP contribution in [0, 0.1) is 17.5 Å². The smallest absolute Gasteiger partial charge is 0.258 e. The van der Waals surface area contributed by atoms with Gasteiger partial charge in [0.15, 0.2) is 18.2 Å². The predicted octanol–water partition coefficient (Wildman–Crippen LogP) is 3.36. The van der Waals surface area contributed by atoms with Gasteiger partial charge in [-0.2, -0.15) is 0 Å². The Bertz CT molecular complexity index is 995. The lowest BCUT2D eigenvalue weighted by molar-refractivity contribution is -0.141. The number of ether oxygens (including phenoxy) is 1. The second-order valence-corrected chi connectivity index (χ2v) is 7.97. The number of carbonyl (C=O) groups is 2. The maximum atomic E-state index is 13.7. The van der Waals surface area contributed by atoms with Crippen molar-refractivity contribution in [1.29, 1.82) is 0 Å². The van der Waals surface area contributed by atoms with Gasteiger partial charge in [0, 0.05) is 17.1 Å². The van der Waals surface area contributed by atoms with Crippen LogP contribution in [-0.2, 0) is 4.79 Å². The van der Waals surface area contributed by atoms with Crippen LogP contribution in [0.15, 0.2) is 36.4 Å². The molecule has 0 aliphatic heterocycles. The van der Waals surface area contributed by atoms with Crippen molar-refractivity contribution in [2.24, 2.45) is 0 Å². The van der Waals surface area contributed by atoms with E-state index in [9.17, 15) is 22.8 Å². The number of halogens is 4. The van der Waals surface area contributed by atoms with E-state index in [4.69, 9.17) is 16.3 Å². The monoisotopic (exact) mass is 424 g/mol. The highest BCUT2D eigenvalue weighted by Crippen LogP contribution is 2.60. The molecule has 3 aliphatic carbocycles. The first-order valence-electron chi connectivity index (χ1n) is 8.86. The molecule has 0 aromatic heterocycles. The fourth-order valence-electron chi connectivity index (χ4n) is 4.09. The molecule has 0 unspecified atom stereocenters. The summed E-state index contributed by atoms with van der Waals surface area (Å²) in [4.78, 5) is 24.3. The zero-order valence-electron chi connectivity index (χ0n) is 15.0. The highest BCUT2D eigenvalue weighted by molar-refractivity contribution is 6.30. The Balaban J connectivity index is 1.26. The molecule has 3 saturated carbocycles. The van der Waals surface area contributed by atoms with Gasteiger partial charge in [0.1, 0.15) is 11.6 Å². The summed E-state index contributed by atoms with van der Waals surface area (Å²) in [5.74, 6) is -3.79. The van der Waals surface area contributed by atoms with Crippen LogP contribution < -0.4 is 15.4 Å². The minimum absolute atomic E-state index is 0.0406. The minimum atomic E-state index is -1.18. The van der Waals surface area contributed by atoms with E-state index in [-0.39, 0.29) is 28.8 Å². The standard InChI is InChI=1S/C20H16ClF3N2O3/c21-13-5-4-11(6-15(13)23)29-7-16(27)25-19-8-20(9-19,10-19)26-18(28)12-2-1-3-14(22)17(12)24/h1-6H,7-10H2,(H,25,27)(H,26,28). The van der Waals surface area contributed by atoms with Crippen LogP contribution >= 0.6 is 11.6 Å². The van der Waals surface area contributed by atoms with E-state index < -0.39 is 34.4 Å². The van der Waals surface area contributed by atoms with Gasteiger partial charge in [-0.1, -0.05) is 17.7 Å². The fraction of sp³-hybridized carbons (Fsp3) is 0.300. The topological polar surface area (TPSA) is 67.4 Å². The summed E-state index contributed by atoms with van der Waals surface area (Å²) in [6.45, 7) is -0.295. The van der Waals surface area contributed by atoms with Gasteiger partial charge in [-0.15, -0.1) is 0 Å². The molecule has 3 aliphatic rings. The van der Waals surface area contributed by atoms with Crippen molar-refractivity contribution in [2.75, 3.05) is 6.61 Å². The lowest BCUT2D eigenvalue weighted by Crippen LogP contribution is -2.84. The van der Waals surface area contributed by atoms with Crippen molar-refractivity contribution in [3.63, 3.8) is 0 Å². The second-order valence-electron chi connectivity index (χ2n) is 7.56. The lowest BCUT2D eigenvalue weighted by Gasteiger charge is -2.70. The van der Waals surface area contributed by atoms with Crippen molar-refractivity contribution in [1.82, 2.24) is 10.6 Å². The van der Waals surface area contributed by atoms with Crippen LogP contribution in [0.25, 0.3) is 0 Å². The molecule has 0 saturated heterocycles. The third-order valence-corrected chi connectivity index (χ3v) is 5.58. The molecule has 2 bridgehead atoms. The Labute approximate surface area is 169 Å². The van der Waals surface area contributed by atoms with Gasteiger partial charge in [-0.25, -0.2) is 13.2 Å². The summed E-state index contributed by atoms with van der Waals surface area (Å²) in [6, 6.07) is 7.30. The summed E-state index contributed by atoms with van der Waals surface area (Å²) in [5.41, 5.74) is -1.32. The van der Waals surface area contributed by atoms with Crippen LogP contribution in [-0.4, -0.2) is 29.5 Å². The average molecular weight is 425 g/mol. The van der Waals surface area contributed by atoms with Crippen LogP contribution in [0.3, 0.4) is 0 Å². The number of carbonyl (C=O) groups excluding carboxylic acids is 2. The molecule has 0 radical (unpaired) electrons. The van der Waals surface area contributed by atoms with Crippen molar-refractivity contribution >= 4 is 23.4 Å². The number of rotatable bonds is 6. The summed E-state index contributed by atoms with van der Waals surface area (Å²) in [7, 11) is 0.